The molecule has 2 heterocycles. The summed E-state index contributed by atoms with van der Waals surface area (Å²) in [6, 6.07) is 4.01. The number of pyridine rings is 1. The molecule has 20 heavy (non-hydrogen) atoms. The fraction of sp³-hybridized carbons (Fsp3) is 0.643. The lowest BCUT2D eigenvalue weighted by Gasteiger charge is -2.22. The van der Waals surface area contributed by atoms with Crippen LogP contribution in [0.1, 0.15) is 31.0 Å². The summed E-state index contributed by atoms with van der Waals surface area (Å²) in [5.41, 5.74) is 2.08. The van der Waals surface area contributed by atoms with Crippen LogP contribution in [-0.2, 0) is 22.1 Å². The number of aromatic nitrogens is 1. The molecule has 0 unspecified atom stereocenters. The van der Waals surface area contributed by atoms with Crippen molar-refractivity contribution in [3.63, 3.8) is 0 Å². The molecule has 0 aliphatic carbocycles. The molecule has 2 rings (SSSR count). The van der Waals surface area contributed by atoms with Crippen molar-refractivity contribution < 1.29 is 8.42 Å². The van der Waals surface area contributed by atoms with E-state index in [1.165, 1.54) is 0 Å². The van der Waals surface area contributed by atoms with Crippen LogP contribution >= 0.6 is 11.6 Å². The number of halogens is 1. The van der Waals surface area contributed by atoms with E-state index < -0.39 is 9.84 Å². The Bertz CT molecular complexity index is 560. The molecule has 1 aromatic rings. The Labute approximate surface area is 126 Å². The minimum atomic E-state index is -2.89. The molecule has 1 aliphatic rings. The first-order valence-electron chi connectivity index (χ1n) is 7.05. The average molecular weight is 317 g/mol. The van der Waals surface area contributed by atoms with Gasteiger partial charge in [-0.15, -0.1) is 11.6 Å². The first kappa shape index (κ1) is 15.6. The highest BCUT2D eigenvalue weighted by Gasteiger charge is 2.20. The van der Waals surface area contributed by atoms with Crippen molar-refractivity contribution in [1.82, 2.24) is 4.98 Å². The third kappa shape index (κ3) is 4.09. The van der Waals surface area contributed by atoms with Gasteiger partial charge in [0.2, 0.25) is 0 Å². The summed E-state index contributed by atoms with van der Waals surface area (Å²) in [5.74, 6) is 1.81. The highest BCUT2D eigenvalue weighted by molar-refractivity contribution is 7.91. The van der Waals surface area contributed by atoms with Crippen LogP contribution < -0.4 is 4.90 Å². The molecule has 1 fully saturated rings. The van der Waals surface area contributed by atoms with Crippen molar-refractivity contribution in [2.75, 3.05) is 29.5 Å². The Kier molecular flexibility index (Phi) is 5.27. The monoisotopic (exact) mass is 316 g/mol. The minimum Gasteiger partial charge on any atom is -0.356 e. The van der Waals surface area contributed by atoms with Gasteiger partial charge in [-0.2, -0.15) is 0 Å². The van der Waals surface area contributed by atoms with Crippen molar-refractivity contribution >= 4 is 27.3 Å². The lowest BCUT2D eigenvalue weighted by Crippen LogP contribution is -2.28. The lowest BCUT2D eigenvalue weighted by molar-refractivity contribution is 0.597. The quantitative estimate of drug-likeness (QED) is 0.800. The summed E-state index contributed by atoms with van der Waals surface area (Å²) in [4.78, 5) is 6.73. The van der Waals surface area contributed by atoms with Crippen LogP contribution in [0.2, 0.25) is 0 Å². The molecule has 4 nitrogen and oxygen atoms in total. The highest BCUT2D eigenvalue weighted by atomic mass is 35.5. The van der Waals surface area contributed by atoms with Gasteiger partial charge in [0.1, 0.15) is 5.82 Å². The molecule has 6 heteroatoms. The number of aryl methyl sites for hydroxylation is 1. The number of nitrogens with zero attached hydrogens (tertiary/aromatic N) is 2. The summed E-state index contributed by atoms with van der Waals surface area (Å²) in [6.45, 7) is 3.38. The van der Waals surface area contributed by atoms with Crippen LogP contribution in [0.5, 0.6) is 0 Å². The van der Waals surface area contributed by atoms with E-state index in [9.17, 15) is 8.42 Å². The van der Waals surface area contributed by atoms with Gasteiger partial charge >= 0.3 is 0 Å². The maximum atomic E-state index is 11.7. The normalized spacial score (nSPS) is 18.8. The van der Waals surface area contributed by atoms with Crippen LogP contribution in [0.3, 0.4) is 0 Å². The molecule has 0 aromatic carbocycles. The van der Waals surface area contributed by atoms with E-state index in [4.69, 9.17) is 11.6 Å². The molecule has 0 N–H and O–H groups in total. The van der Waals surface area contributed by atoms with Crippen molar-refractivity contribution in [3.05, 3.63) is 23.4 Å². The van der Waals surface area contributed by atoms with Crippen molar-refractivity contribution in [2.45, 2.75) is 32.1 Å². The standard InChI is InChI=1S/C14H21ClN2O2S/c1-2-4-13-9-12(11-15)10-14(16-13)17-5-3-7-20(18,19)8-6-17/h9-10H,2-8,11H2,1H3. The highest BCUT2D eigenvalue weighted by Crippen LogP contribution is 2.19. The number of rotatable bonds is 4. The van der Waals surface area contributed by atoms with Gasteiger partial charge in [-0.05, 0) is 30.5 Å². The van der Waals surface area contributed by atoms with Gasteiger partial charge in [0, 0.05) is 24.7 Å². The average Bonchev–Trinajstić information content (AvgIpc) is 2.59. The predicted octanol–water partition coefficient (Wildman–Crippen LogP) is 2.40. The summed E-state index contributed by atoms with van der Waals surface area (Å²) in [6.07, 6.45) is 2.62. The SMILES string of the molecule is CCCc1cc(CCl)cc(N2CCCS(=O)(=O)CC2)n1. The van der Waals surface area contributed by atoms with E-state index >= 15 is 0 Å². The molecule has 0 spiro atoms. The summed E-state index contributed by atoms with van der Waals surface area (Å²) >= 11 is 5.95. The van der Waals surface area contributed by atoms with Crippen molar-refractivity contribution in [2.24, 2.45) is 0 Å². The maximum Gasteiger partial charge on any atom is 0.152 e. The van der Waals surface area contributed by atoms with Gasteiger partial charge in [0.15, 0.2) is 9.84 Å². The Morgan fingerprint density at radius 1 is 1.30 bits per heavy atom. The Morgan fingerprint density at radius 2 is 2.10 bits per heavy atom. The molecule has 0 amide bonds. The van der Waals surface area contributed by atoms with Crippen LogP contribution in [0.25, 0.3) is 0 Å². The van der Waals surface area contributed by atoms with Gasteiger partial charge in [0.05, 0.1) is 11.5 Å². The molecule has 0 bridgehead atoms. The second-order valence-electron chi connectivity index (χ2n) is 5.20. The Hall–Kier alpha value is -0.810. The van der Waals surface area contributed by atoms with E-state index in [0.29, 0.717) is 18.8 Å². The van der Waals surface area contributed by atoms with E-state index in [-0.39, 0.29) is 11.5 Å². The molecule has 1 aromatic heterocycles. The fourth-order valence-electron chi connectivity index (χ4n) is 2.42. The van der Waals surface area contributed by atoms with E-state index in [2.05, 4.69) is 16.8 Å². The second-order valence-corrected chi connectivity index (χ2v) is 7.77. The molecular weight excluding hydrogens is 296 g/mol. The van der Waals surface area contributed by atoms with Gasteiger partial charge < -0.3 is 4.90 Å². The van der Waals surface area contributed by atoms with E-state index in [1.807, 2.05) is 12.1 Å². The predicted molar refractivity (Wildman–Crippen MR) is 83.3 cm³/mol. The maximum absolute atomic E-state index is 11.7. The van der Waals surface area contributed by atoms with Gasteiger partial charge in [-0.3, -0.25) is 0 Å². The number of alkyl halides is 1. The molecular formula is C14H21ClN2O2S. The zero-order valence-electron chi connectivity index (χ0n) is 11.8. The number of hydrogen-bond donors (Lipinski definition) is 0. The Balaban J connectivity index is 2.24. The topological polar surface area (TPSA) is 50.3 Å². The van der Waals surface area contributed by atoms with Gasteiger partial charge in [0.25, 0.3) is 0 Å². The summed E-state index contributed by atoms with van der Waals surface area (Å²) in [7, 11) is -2.89. The number of hydrogen-bond acceptors (Lipinski definition) is 4. The van der Waals surface area contributed by atoms with Crippen LogP contribution in [0, 0.1) is 0 Å². The largest absolute Gasteiger partial charge is 0.356 e. The van der Waals surface area contributed by atoms with E-state index in [1.54, 1.807) is 0 Å². The van der Waals surface area contributed by atoms with E-state index in [0.717, 1.165) is 36.5 Å². The smallest absolute Gasteiger partial charge is 0.152 e. The van der Waals surface area contributed by atoms with Crippen molar-refractivity contribution in [1.29, 1.82) is 0 Å². The second kappa shape index (κ2) is 6.76. The van der Waals surface area contributed by atoms with Crippen LogP contribution in [0.15, 0.2) is 12.1 Å². The third-order valence-corrected chi connectivity index (χ3v) is 5.49. The zero-order valence-corrected chi connectivity index (χ0v) is 13.4. The van der Waals surface area contributed by atoms with Gasteiger partial charge in [-0.1, -0.05) is 13.3 Å². The first-order chi connectivity index (χ1) is 9.54. The molecule has 1 aliphatic heterocycles. The van der Waals surface area contributed by atoms with Gasteiger partial charge in [-0.25, -0.2) is 13.4 Å². The summed E-state index contributed by atoms with van der Waals surface area (Å²) < 4.78 is 23.3. The number of anilines is 1. The molecule has 112 valence electrons. The fourth-order valence-corrected chi connectivity index (χ4v) is 3.85. The summed E-state index contributed by atoms with van der Waals surface area (Å²) in [5, 5.41) is 0. The lowest BCUT2D eigenvalue weighted by atomic mass is 10.1. The Morgan fingerprint density at radius 3 is 2.80 bits per heavy atom. The molecule has 0 saturated carbocycles. The zero-order chi connectivity index (χ0) is 14.6. The van der Waals surface area contributed by atoms with Crippen molar-refractivity contribution in [3.8, 4) is 0 Å². The molecule has 0 radical (unpaired) electrons. The van der Waals surface area contributed by atoms with Crippen LogP contribution in [-0.4, -0.2) is 38.0 Å². The minimum absolute atomic E-state index is 0.211. The molecule has 1 saturated heterocycles. The molecule has 0 atom stereocenters. The number of sulfone groups is 1. The first-order valence-corrected chi connectivity index (χ1v) is 9.41. The third-order valence-electron chi connectivity index (χ3n) is 3.46. The van der Waals surface area contributed by atoms with Crippen LogP contribution in [0.4, 0.5) is 5.82 Å².